The number of hydrogen-bond acceptors (Lipinski definition) is 2. The summed E-state index contributed by atoms with van der Waals surface area (Å²) in [6.07, 6.45) is 0. The van der Waals surface area contributed by atoms with Crippen molar-refractivity contribution < 1.29 is 8.76 Å². The highest BCUT2D eigenvalue weighted by Gasteiger charge is 2.02. The number of fused-ring (bicyclic) bond motifs is 1. The zero-order valence-corrected chi connectivity index (χ0v) is 9.47. The predicted molar refractivity (Wildman–Crippen MR) is 58.8 cm³/mol. The second-order valence-electron chi connectivity index (χ2n) is 2.83. The Hall–Kier alpha value is -0.710. The summed E-state index contributed by atoms with van der Waals surface area (Å²) in [6.45, 7) is 0. The minimum atomic E-state index is -2.18. The second kappa shape index (κ2) is 3.81. The molecule has 2 nitrogen and oxygen atoms in total. The molecule has 0 amide bonds. The first kappa shape index (κ1) is 9.83. The molecule has 0 aliphatic carbocycles. The third kappa shape index (κ3) is 1.61. The lowest BCUT2D eigenvalue weighted by atomic mass is 10.1. The third-order valence-corrected chi connectivity index (χ3v) is 3.42. The van der Waals surface area contributed by atoms with Gasteiger partial charge in [0, 0.05) is 9.37 Å². The van der Waals surface area contributed by atoms with Gasteiger partial charge in [0.2, 0.25) is 0 Å². The van der Waals surface area contributed by atoms with E-state index in [2.05, 4.69) is 15.9 Å². The molecule has 0 saturated carbocycles. The Morgan fingerprint density at radius 2 is 1.71 bits per heavy atom. The van der Waals surface area contributed by atoms with E-state index in [0.29, 0.717) is 4.90 Å². The van der Waals surface area contributed by atoms with E-state index in [1.165, 1.54) is 0 Å². The maximum absolute atomic E-state index is 10.9. The summed E-state index contributed by atoms with van der Waals surface area (Å²) >= 11 is 1.20. The van der Waals surface area contributed by atoms with Gasteiger partial charge in [-0.05, 0) is 34.0 Å². The molecule has 2 aromatic carbocycles. The molecule has 2 rings (SSSR count). The van der Waals surface area contributed by atoms with Gasteiger partial charge in [0.05, 0.1) is 0 Å². The molecule has 1 unspecified atom stereocenters. The quantitative estimate of drug-likeness (QED) is 0.747. The van der Waals surface area contributed by atoms with Crippen LogP contribution in [0.2, 0.25) is 0 Å². The standard InChI is InChI=1S/C10H7BrO2S/c11-9-5-1-4-8-7(9)3-2-6-10(8)14(12)13/h1-6H,(H,12,13)/p-1. The maximum Gasteiger partial charge on any atom is 0.0327 e. The van der Waals surface area contributed by atoms with Gasteiger partial charge in [0.25, 0.3) is 0 Å². The molecule has 2 aromatic rings. The Labute approximate surface area is 92.4 Å². The Morgan fingerprint density at radius 1 is 1.07 bits per heavy atom. The first-order chi connectivity index (χ1) is 6.70. The molecule has 0 heterocycles. The first-order valence-electron chi connectivity index (χ1n) is 3.96. The van der Waals surface area contributed by atoms with E-state index in [0.717, 1.165) is 15.2 Å². The summed E-state index contributed by atoms with van der Waals surface area (Å²) in [6, 6.07) is 10.7. The van der Waals surface area contributed by atoms with Crippen molar-refractivity contribution in [3.05, 3.63) is 40.9 Å². The van der Waals surface area contributed by atoms with Crippen LogP contribution in [0.25, 0.3) is 10.8 Å². The van der Waals surface area contributed by atoms with Gasteiger partial charge in [-0.2, -0.15) is 0 Å². The van der Waals surface area contributed by atoms with Crippen molar-refractivity contribution in [1.29, 1.82) is 0 Å². The van der Waals surface area contributed by atoms with Crippen LogP contribution in [0.1, 0.15) is 0 Å². The van der Waals surface area contributed by atoms with E-state index < -0.39 is 11.1 Å². The van der Waals surface area contributed by atoms with E-state index in [1.807, 2.05) is 18.2 Å². The molecule has 0 fully saturated rings. The summed E-state index contributed by atoms with van der Waals surface area (Å²) in [7, 11) is 0. The number of halogens is 1. The molecule has 72 valence electrons. The average Bonchev–Trinajstić information content (AvgIpc) is 2.17. The van der Waals surface area contributed by atoms with Crippen molar-refractivity contribution >= 4 is 37.8 Å². The van der Waals surface area contributed by atoms with Crippen LogP contribution in [0.4, 0.5) is 0 Å². The van der Waals surface area contributed by atoms with E-state index >= 15 is 0 Å². The van der Waals surface area contributed by atoms with Crippen molar-refractivity contribution in [2.24, 2.45) is 0 Å². The van der Waals surface area contributed by atoms with Crippen LogP contribution in [0, 0.1) is 0 Å². The van der Waals surface area contributed by atoms with Crippen LogP contribution < -0.4 is 0 Å². The minimum absolute atomic E-state index is 0.337. The first-order valence-corrected chi connectivity index (χ1v) is 5.83. The molecule has 0 bridgehead atoms. The highest BCUT2D eigenvalue weighted by molar-refractivity contribution is 9.10. The van der Waals surface area contributed by atoms with E-state index in [9.17, 15) is 8.76 Å². The number of hydrogen-bond donors (Lipinski definition) is 0. The fraction of sp³-hybridized carbons (Fsp3) is 0. The van der Waals surface area contributed by atoms with Gasteiger partial charge in [-0.15, -0.1) is 0 Å². The summed E-state index contributed by atoms with van der Waals surface area (Å²) in [5.74, 6) is 0. The van der Waals surface area contributed by atoms with Crippen molar-refractivity contribution in [3.63, 3.8) is 0 Å². The fourth-order valence-electron chi connectivity index (χ4n) is 1.39. The molecular weight excluding hydrogens is 264 g/mol. The van der Waals surface area contributed by atoms with Crippen molar-refractivity contribution in [2.75, 3.05) is 0 Å². The predicted octanol–water partition coefficient (Wildman–Crippen LogP) is 2.84. The SMILES string of the molecule is O=S([O-])c1cccc2c(Br)cccc12. The molecule has 0 aromatic heterocycles. The third-order valence-electron chi connectivity index (χ3n) is 2.01. The van der Waals surface area contributed by atoms with Crippen LogP contribution in [0.3, 0.4) is 0 Å². The summed E-state index contributed by atoms with van der Waals surface area (Å²) in [5.41, 5.74) is 0. The molecule has 0 saturated heterocycles. The summed E-state index contributed by atoms with van der Waals surface area (Å²) in [4.78, 5) is 0.337. The molecule has 0 N–H and O–H groups in total. The summed E-state index contributed by atoms with van der Waals surface area (Å²) in [5, 5.41) is 1.66. The monoisotopic (exact) mass is 269 g/mol. The van der Waals surface area contributed by atoms with Gasteiger partial charge in [0.15, 0.2) is 0 Å². The molecule has 4 heteroatoms. The largest absolute Gasteiger partial charge is 0.768 e. The van der Waals surface area contributed by atoms with Crippen molar-refractivity contribution in [3.8, 4) is 0 Å². The zero-order valence-electron chi connectivity index (χ0n) is 7.07. The topological polar surface area (TPSA) is 40.1 Å². The smallest absolute Gasteiger partial charge is 0.0327 e. The van der Waals surface area contributed by atoms with Gasteiger partial charge >= 0.3 is 0 Å². The van der Waals surface area contributed by atoms with Gasteiger partial charge in [-0.25, -0.2) is 0 Å². The highest BCUT2D eigenvalue weighted by Crippen LogP contribution is 2.27. The van der Waals surface area contributed by atoms with Crippen LogP contribution in [0.15, 0.2) is 45.8 Å². The summed E-state index contributed by atoms with van der Waals surface area (Å²) < 4.78 is 22.7. The molecule has 0 aliphatic rings. The lowest BCUT2D eigenvalue weighted by Gasteiger charge is -2.09. The normalized spacial score (nSPS) is 13.0. The van der Waals surface area contributed by atoms with Crippen molar-refractivity contribution in [2.45, 2.75) is 4.90 Å². The Bertz CT molecular complexity index is 510. The van der Waals surface area contributed by atoms with E-state index in [1.54, 1.807) is 18.2 Å². The maximum atomic E-state index is 10.9. The molecule has 0 radical (unpaired) electrons. The van der Waals surface area contributed by atoms with E-state index in [-0.39, 0.29) is 0 Å². The van der Waals surface area contributed by atoms with Gasteiger partial charge < -0.3 is 4.55 Å². The average molecular weight is 270 g/mol. The van der Waals surface area contributed by atoms with Gasteiger partial charge in [-0.3, -0.25) is 4.21 Å². The van der Waals surface area contributed by atoms with Crippen LogP contribution in [-0.4, -0.2) is 8.76 Å². The van der Waals surface area contributed by atoms with Gasteiger partial charge in [0.1, 0.15) is 0 Å². The fourth-order valence-corrected chi connectivity index (χ4v) is 2.43. The highest BCUT2D eigenvalue weighted by atomic mass is 79.9. The van der Waals surface area contributed by atoms with Crippen LogP contribution in [-0.2, 0) is 11.1 Å². The Balaban J connectivity index is 2.88. The Morgan fingerprint density at radius 3 is 2.43 bits per heavy atom. The second-order valence-corrected chi connectivity index (χ2v) is 4.59. The number of benzene rings is 2. The van der Waals surface area contributed by atoms with Crippen molar-refractivity contribution in [1.82, 2.24) is 0 Å². The lowest BCUT2D eigenvalue weighted by molar-refractivity contribution is 0.538. The molecule has 0 aliphatic heterocycles. The lowest BCUT2D eigenvalue weighted by Crippen LogP contribution is -1.90. The van der Waals surface area contributed by atoms with Gasteiger partial charge in [-0.1, -0.05) is 40.2 Å². The molecular formula is C10H6BrO2S-. The van der Waals surface area contributed by atoms with Crippen LogP contribution in [0.5, 0.6) is 0 Å². The Kier molecular flexibility index (Phi) is 2.67. The van der Waals surface area contributed by atoms with Crippen LogP contribution >= 0.6 is 15.9 Å². The number of rotatable bonds is 1. The molecule has 0 spiro atoms. The molecule has 1 atom stereocenters. The zero-order chi connectivity index (χ0) is 10.1. The van der Waals surface area contributed by atoms with E-state index in [4.69, 9.17) is 0 Å². The molecule has 14 heavy (non-hydrogen) atoms. The minimum Gasteiger partial charge on any atom is -0.768 e.